The quantitative estimate of drug-likeness (QED) is 0.676. The first-order valence-corrected chi connectivity index (χ1v) is 8.82. The topological polar surface area (TPSA) is 85.1 Å². The second-order valence-corrected chi connectivity index (χ2v) is 7.17. The molecule has 0 spiro atoms. The highest BCUT2D eigenvalue weighted by molar-refractivity contribution is 7.11. The van der Waals surface area contributed by atoms with Gasteiger partial charge in [0.05, 0.1) is 16.7 Å². The predicted octanol–water partition coefficient (Wildman–Crippen LogP) is 3.73. The lowest BCUT2D eigenvalue weighted by atomic mass is 10.0. The lowest BCUT2D eigenvalue weighted by Gasteiger charge is -2.12. The van der Waals surface area contributed by atoms with Crippen LogP contribution in [0.15, 0.2) is 18.2 Å². The van der Waals surface area contributed by atoms with E-state index < -0.39 is 10.8 Å². The van der Waals surface area contributed by atoms with Crippen molar-refractivity contribution in [3.8, 4) is 0 Å². The molecule has 1 aromatic carbocycles. The Morgan fingerprint density at radius 2 is 2.12 bits per heavy atom. The molecule has 1 aromatic heterocycles. The van der Waals surface area contributed by atoms with Crippen molar-refractivity contribution in [3.05, 3.63) is 55.0 Å². The third-order valence-corrected chi connectivity index (χ3v) is 5.59. The second-order valence-electron chi connectivity index (χ2n) is 6.05. The molecule has 1 amide bonds. The Balaban J connectivity index is 1.81. The van der Waals surface area contributed by atoms with Gasteiger partial charge in [-0.1, -0.05) is 12.1 Å². The molecule has 1 N–H and O–H groups in total. The first-order valence-electron chi connectivity index (χ1n) is 8.00. The number of fused-ring (bicyclic) bond motifs is 1. The van der Waals surface area contributed by atoms with Gasteiger partial charge in [-0.05, 0) is 45.6 Å². The Morgan fingerprint density at radius 1 is 1.38 bits per heavy atom. The van der Waals surface area contributed by atoms with Gasteiger partial charge in [-0.25, -0.2) is 4.98 Å². The maximum atomic E-state index is 12.5. The standard InChI is InChI=1S/C17H19N3O3S/c1-10-6-5-7-12(15(10)20(22)23)16(21)18-11(2)17-19-13-8-3-4-9-14(13)24-17/h5-7,11H,3-4,8-9H2,1-2H3,(H,18,21)/t11-/m1/s1. The zero-order valence-corrected chi connectivity index (χ0v) is 14.5. The number of rotatable bonds is 4. The van der Waals surface area contributed by atoms with Crippen LogP contribution in [0.25, 0.3) is 0 Å². The minimum atomic E-state index is -0.503. The van der Waals surface area contributed by atoms with Crippen molar-refractivity contribution in [2.75, 3.05) is 0 Å². The van der Waals surface area contributed by atoms with E-state index in [1.165, 1.54) is 17.4 Å². The fourth-order valence-corrected chi connectivity index (χ4v) is 4.13. The molecule has 126 valence electrons. The lowest BCUT2D eigenvalue weighted by molar-refractivity contribution is -0.385. The minimum Gasteiger partial charge on any atom is -0.343 e. The van der Waals surface area contributed by atoms with E-state index in [2.05, 4.69) is 10.3 Å². The molecule has 2 aromatic rings. The highest BCUT2D eigenvalue weighted by Crippen LogP contribution is 2.30. The number of aromatic nitrogens is 1. The van der Waals surface area contributed by atoms with Crippen LogP contribution in [0, 0.1) is 17.0 Å². The molecule has 0 aliphatic heterocycles. The number of nitrogens with zero attached hydrogens (tertiary/aromatic N) is 2. The number of amides is 1. The number of nitro benzene ring substituents is 1. The van der Waals surface area contributed by atoms with Gasteiger partial charge in [-0.3, -0.25) is 14.9 Å². The van der Waals surface area contributed by atoms with Crippen LogP contribution in [0.2, 0.25) is 0 Å². The highest BCUT2D eigenvalue weighted by atomic mass is 32.1. The second kappa shape index (κ2) is 6.68. The van der Waals surface area contributed by atoms with E-state index in [9.17, 15) is 14.9 Å². The van der Waals surface area contributed by atoms with Gasteiger partial charge in [0.25, 0.3) is 11.6 Å². The Kier molecular flexibility index (Phi) is 4.62. The number of carbonyl (C=O) groups excluding carboxylic acids is 1. The number of carbonyl (C=O) groups is 1. The Bertz CT molecular complexity index is 777. The molecular weight excluding hydrogens is 326 g/mol. The van der Waals surface area contributed by atoms with Crippen LogP contribution in [0.1, 0.15) is 57.3 Å². The van der Waals surface area contributed by atoms with Crippen LogP contribution >= 0.6 is 11.3 Å². The number of hydrogen-bond acceptors (Lipinski definition) is 5. The van der Waals surface area contributed by atoms with Gasteiger partial charge < -0.3 is 5.32 Å². The molecule has 1 aliphatic rings. The van der Waals surface area contributed by atoms with Crippen molar-refractivity contribution in [1.82, 2.24) is 10.3 Å². The maximum absolute atomic E-state index is 12.5. The van der Waals surface area contributed by atoms with Gasteiger partial charge in [0.15, 0.2) is 0 Å². The summed E-state index contributed by atoms with van der Waals surface area (Å²) in [6.45, 7) is 3.50. The maximum Gasteiger partial charge on any atom is 0.285 e. The van der Waals surface area contributed by atoms with Crippen molar-refractivity contribution < 1.29 is 9.72 Å². The van der Waals surface area contributed by atoms with E-state index in [0.717, 1.165) is 30.0 Å². The molecule has 6 nitrogen and oxygen atoms in total. The molecule has 0 radical (unpaired) electrons. The number of nitro groups is 1. The zero-order valence-electron chi connectivity index (χ0n) is 13.7. The summed E-state index contributed by atoms with van der Waals surface area (Å²) in [5.74, 6) is -0.439. The molecule has 0 fully saturated rings. The summed E-state index contributed by atoms with van der Waals surface area (Å²) in [5, 5.41) is 15.0. The molecule has 3 rings (SSSR count). The van der Waals surface area contributed by atoms with E-state index >= 15 is 0 Å². The molecular formula is C17H19N3O3S. The largest absolute Gasteiger partial charge is 0.343 e. The molecule has 0 bridgehead atoms. The van der Waals surface area contributed by atoms with Crippen LogP contribution in [-0.2, 0) is 12.8 Å². The van der Waals surface area contributed by atoms with Crippen LogP contribution in [-0.4, -0.2) is 15.8 Å². The third-order valence-electron chi connectivity index (χ3n) is 4.25. The van der Waals surface area contributed by atoms with Crippen molar-refractivity contribution in [3.63, 3.8) is 0 Å². The molecule has 0 saturated heterocycles. The molecule has 1 heterocycles. The molecule has 24 heavy (non-hydrogen) atoms. The summed E-state index contributed by atoms with van der Waals surface area (Å²) >= 11 is 1.63. The van der Waals surface area contributed by atoms with Crippen molar-refractivity contribution in [2.24, 2.45) is 0 Å². The number of nitrogens with one attached hydrogen (secondary N) is 1. The van der Waals surface area contributed by atoms with E-state index in [-0.39, 0.29) is 17.3 Å². The summed E-state index contributed by atoms with van der Waals surface area (Å²) in [6, 6.07) is 4.50. The van der Waals surface area contributed by atoms with Crippen LogP contribution < -0.4 is 5.32 Å². The van der Waals surface area contributed by atoms with Gasteiger partial charge in [0.1, 0.15) is 10.6 Å². The summed E-state index contributed by atoms with van der Waals surface area (Å²) in [5.41, 5.74) is 1.57. The summed E-state index contributed by atoms with van der Waals surface area (Å²) < 4.78 is 0. The Morgan fingerprint density at radius 3 is 2.83 bits per heavy atom. The fraction of sp³-hybridized carbons (Fsp3) is 0.412. The summed E-state index contributed by atoms with van der Waals surface area (Å²) in [6.07, 6.45) is 4.39. The SMILES string of the molecule is Cc1cccc(C(=O)N[C@H](C)c2nc3c(s2)CCCC3)c1[N+](=O)[O-]. The zero-order chi connectivity index (χ0) is 17.3. The van der Waals surface area contributed by atoms with E-state index in [1.54, 1.807) is 30.4 Å². The fourth-order valence-electron chi connectivity index (χ4n) is 2.98. The summed E-state index contributed by atoms with van der Waals surface area (Å²) in [4.78, 5) is 29.2. The summed E-state index contributed by atoms with van der Waals surface area (Å²) in [7, 11) is 0. The number of thiazole rings is 1. The van der Waals surface area contributed by atoms with Gasteiger partial charge in [-0.2, -0.15) is 0 Å². The Hall–Kier alpha value is -2.28. The Labute approximate surface area is 144 Å². The van der Waals surface area contributed by atoms with Crippen LogP contribution in [0.4, 0.5) is 5.69 Å². The first-order chi connectivity index (χ1) is 11.5. The van der Waals surface area contributed by atoms with Gasteiger partial charge in [-0.15, -0.1) is 11.3 Å². The molecule has 1 aliphatic carbocycles. The number of para-hydroxylation sites is 1. The molecule has 1 atom stereocenters. The highest BCUT2D eigenvalue weighted by Gasteiger charge is 2.25. The molecule has 0 unspecified atom stereocenters. The lowest BCUT2D eigenvalue weighted by Crippen LogP contribution is -2.27. The van der Waals surface area contributed by atoms with Crippen LogP contribution in [0.3, 0.4) is 0 Å². The monoisotopic (exact) mass is 345 g/mol. The predicted molar refractivity (Wildman–Crippen MR) is 92.5 cm³/mol. The smallest absolute Gasteiger partial charge is 0.285 e. The van der Waals surface area contributed by atoms with Crippen molar-refractivity contribution in [1.29, 1.82) is 0 Å². The normalized spacial score (nSPS) is 14.8. The number of hydrogen-bond donors (Lipinski definition) is 1. The van der Waals surface area contributed by atoms with E-state index in [4.69, 9.17) is 0 Å². The minimum absolute atomic E-state index is 0.0909. The van der Waals surface area contributed by atoms with E-state index in [0.29, 0.717) is 5.56 Å². The average Bonchev–Trinajstić information content (AvgIpc) is 2.98. The first kappa shape index (κ1) is 16.6. The van der Waals surface area contributed by atoms with Gasteiger partial charge in [0, 0.05) is 10.4 Å². The number of aryl methyl sites for hydroxylation is 3. The van der Waals surface area contributed by atoms with Crippen molar-refractivity contribution >= 4 is 22.9 Å². The molecule has 0 saturated carbocycles. The number of benzene rings is 1. The van der Waals surface area contributed by atoms with E-state index in [1.807, 2.05) is 6.92 Å². The molecule has 7 heteroatoms. The van der Waals surface area contributed by atoms with Gasteiger partial charge in [0.2, 0.25) is 0 Å². The third kappa shape index (κ3) is 3.17. The van der Waals surface area contributed by atoms with Crippen molar-refractivity contribution in [2.45, 2.75) is 45.6 Å². The van der Waals surface area contributed by atoms with Crippen LogP contribution in [0.5, 0.6) is 0 Å². The average molecular weight is 345 g/mol. The van der Waals surface area contributed by atoms with Gasteiger partial charge >= 0.3 is 0 Å².